The third-order valence-corrected chi connectivity index (χ3v) is 6.37. The second kappa shape index (κ2) is 9.46. The van der Waals surface area contributed by atoms with Crippen molar-refractivity contribution in [1.82, 2.24) is 4.90 Å². The quantitative estimate of drug-likeness (QED) is 0.473. The lowest BCUT2D eigenvalue weighted by molar-refractivity contribution is -0.133. The number of fused-ring (bicyclic) bond motifs is 1. The van der Waals surface area contributed by atoms with Crippen molar-refractivity contribution in [3.05, 3.63) is 29.5 Å². The fourth-order valence-corrected chi connectivity index (χ4v) is 4.80. The zero-order chi connectivity index (χ0) is 22.8. The number of hydrogen-bond donors (Lipinski definition) is 0. The SMILES string of the molecule is CCCC1CC[C@H](CCC)N1C(=O)Cc1c(C(=O)C(C)(C)C)oc2ccc(OC)cc12. The molecular formula is C26H37NO4. The van der Waals surface area contributed by atoms with Gasteiger partial charge in [-0.3, -0.25) is 9.59 Å². The molecule has 0 N–H and O–H groups in total. The van der Waals surface area contributed by atoms with E-state index in [1.54, 1.807) is 7.11 Å². The molecule has 1 fully saturated rings. The standard InChI is InChI=1S/C26H37NO4/c1-7-9-17-11-12-18(10-8-2)27(17)23(28)16-21-20-15-19(30-6)13-14-22(20)31-24(21)25(29)26(3,4)5/h13-15,17-18H,7-12,16H2,1-6H3/t17-,18?/m0/s1. The Hall–Kier alpha value is -2.30. The van der Waals surface area contributed by atoms with E-state index in [9.17, 15) is 9.59 Å². The van der Waals surface area contributed by atoms with Crippen molar-refractivity contribution in [1.29, 1.82) is 0 Å². The molecule has 1 unspecified atom stereocenters. The number of rotatable bonds is 8. The van der Waals surface area contributed by atoms with Gasteiger partial charge in [-0.2, -0.15) is 0 Å². The highest BCUT2D eigenvalue weighted by molar-refractivity contribution is 6.04. The molecule has 1 saturated heterocycles. The summed E-state index contributed by atoms with van der Waals surface area (Å²) in [6, 6.07) is 6.10. The second-order valence-electron chi connectivity index (χ2n) is 9.79. The van der Waals surface area contributed by atoms with Crippen molar-refractivity contribution in [2.24, 2.45) is 5.41 Å². The summed E-state index contributed by atoms with van der Waals surface area (Å²) in [6.07, 6.45) is 6.49. The van der Waals surface area contributed by atoms with Gasteiger partial charge < -0.3 is 14.1 Å². The Balaban J connectivity index is 2.03. The maximum atomic E-state index is 13.6. The van der Waals surface area contributed by atoms with E-state index in [4.69, 9.17) is 9.15 Å². The predicted molar refractivity (Wildman–Crippen MR) is 124 cm³/mol. The fourth-order valence-electron chi connectivity index (χ4n) is 4.80. The molecule has 2 heterocycles. The van der Waals surface area contributed by atoms with Crippen LogP contribution in [0.15, 0.2) is 22.6 Å². The van der Waals surface area contributed by atoms with Gasteiger partial charge in [-0.25, -0.2) is 0 Å². The Kier molecular flexibility index (Phi) is 7.13. The molecule has 5 heteroatoms. The van der Waals surface area contributed by atoms with E-state index in [1.807, 2.05) is 39.0 Å². The van der Waals surface area contributed by atoms with Gasteiger partial charge >= 0.3 is 0 Å². The lowest BCUT2D eigenvalue weighted by Crippen LogP contribution is -2.42. The summed E-state index contributed by atoms with van der Waals surface area (Å²) in [6.45, 7) is 9.98. The first kappa shape index (κ1) is 23.4. The molecule has 1 aromatic carbocycles. The molecule has 0 radical (unpaired) electrons. The zero-order valence-electron chi connectivity index (χ0n) is 19.9. The van der Waals surface area contributed by atoms with Crippen molar-refractivity contribution in [2.45, 2.75) is 91.6 Å². The average molecular weight is 428 g/mol. The number of ketones is 1. The van der Waals surface area contributed by atoms with Crippen molar-refractivity contribution >= 4 is 22.7 Å². The molecule has 0 saturated carbocycles. The Morgan fingerprint density at radius 2 is 1.71 bits per heavy atom. The molecule has 1 aromatic heterocycles. The molecule has 0 aliphatic carbocycles. The molecule has 170 valence electrons. The maximum absolute atomic E-state index is 13.6. The van der Waals surface area contributed by atoms with Crippen LogP contribution < -0.4 is 4.74 Å². The molecule has 5 nitrogen and oxygen atoms in total. The summed E-state index contributed by atoms with van der Waals surface area (Å²) in [4.78, 5) is 29.0. The van der Waals surface area contributed by atoms with Gasteiger partial charge in [0.1, 0.15) is 11.3 Å². The number of likely N-dealkylation sites (tertiary alicyclic amines) is 1. The molecule has 1 aliphatic heterocycles. The molecule has 0 spiro atoms. The van der Waals surface area contributed by atoms with Gasteiger partial charge in [0.25, 0.3) is 0 Å². The number of hydrogen-bond acceptors (Lipinski definition) is 4. The number of ether oxygens (including phenoxy) is 1. The van der Waals surface area contributed by atoms with Gasteiger partial charge in [0, 0.05) is 28.4 Å². The fraction of sp³-hybridized carbons (Fsp3) is 0.615. The third-order valence-electron chi connectivity index (χ3n) is 6.37. The summed E-state index contributed by atoms with van der Waals surface area (Å²) in [5, 5.41) is 0.790. The van der Waals surface area contributed by atoms with Gasteiger partial charge in [-0.05, 0) is 43.9 Å². The van der Waals surface area contributed by atoms with E-state index < -0.39 is 5.41 Å². The first-order valence-corrected chi connectivity index (χ1v) is 11.7. The second-order valence-corrected chi connectivity index (χ2v) is 9.79. The molecule has 3 rings (SSSR count). The van der Waals surface area contributed by atoms with E-state index in [-0.39, 0.29) is 18.1 Å². The molecule has 2 atom stereocenters. The summed E-state index contributed by atoms with van der Waals surface area (Å²) < 4.78 is 11.4. The highest BCUT2D eigenvalue weighted by Crippen LogP contribution is 2.36. The van der Waals surface area contributed by atoms with Gasteiger partial charge in [0.2, 0.25) is 11.7 Å². The number of nitrogens with zero attached hydrogens (tertiary/aromatic N) is 1. The molecular weight excluding hydrogens is 390 g/mol. The first-order valence-electron chi connectivity index (χ1n) is 11.7. The van der Waals surface area contributed by atoms with E-state index in [0.717, 1.165) is 43.9 Å². The predicted octanol–water partition coefficient (Wildman–Crippen LogP) is 6.17. The van der Waals surface area contributed by atoms with Crippen LogP contribution in [-0.4, -0.2) is 35.8 Å². The normalized spacial score (nSPS) is 19.2. The lowest BCUT2D eigenvalue weighted by atomic mass is 9.87. The average Bonchev–Trinajstić information content (AvgIpc) is 3.28. The van der Waals surface area contributed by atoms with Crippen molar-refractivity contribution in [3.63, 3.8) is 0 Å². The maximum Gasteiger partial charge on any atom is 0.227 e. The molecule has 31 heavy (non-hydrogen) atoms. The summed E-state index contributed by atoms with van der Waals surface area (Å²) in [5.41, 5.74) is 0.711. The van der Waals surface area contributed by atoms with Crippen molar-refractivity contribution in [3.8, 4) is 5.75 Å². The number of Topliss-reactive ketones (excluding diaryl/α,β-unsaturated/α-hetero) is 1. The Morgan fingerprint density at radius 3 is 2.23 bits per heavy atom. The molecule has 0 bridgehead atoms. The van der Waals surface area contributed by atoms with Crippen molar-refractivity contribution < 1.29 is 18.7 Å². The van der Waals surface area contributed by atoms with Crippen LogP contribution in [0.3, 0.4) is 0 Å². The highest BCUT2D eigenvalue weighted by Gasteiger charge is 2.37. The van der Waals surface area contributed by atoms with Crippen LogP contribution in [0.1, 0.15) is 89.3 Å². The van der Waals surface area contributed by atoms with Crippen LogP contribution in [0.25, 0.3) is 11.0 Å². The van der Waals surface area contributed by atoms with Gasteiger partial charge in [-0.1, -0.05) is 47.5 Å². The number of methoxy groups -OCH3 is 1. The van der Waals surface area contributed by atoms with Crippen LogP contribution >= 0.6 is 0 Å². The third kappa shape index (κ3) is 4.81. The van der Waals surface area contributed by atoms with E-state index >= 15 is 0 Å². The first-order chi connectivity index (χ1) is 14.7. The van der Waals surface area contributed by atoms with Crippen LogP contribution in [0.5, 0.6) is 5.75 Å². The molecule has 1 amide bonds. The zero-order valence-corrected chi connectivity index (χ0v) is 19.9. The summed E-state index contributed by atoms with van der Waals surface area (Å²) in [5.74, 6) is 1.01. The lowest BCUT2D eigenvalue weighted by Gasteiger charge is -2.30. The van der Waals surface area contributed by atoms with Gasteiger partial charge in [0.15, 0.2) is 5.76 Å². The molecule has 1 aliphatic rings. The Labute approximate surface area is 186 Å². The minimum absolute atomic E-state index is 0.0814. The minimum Gasteiger partial charge on any atom is -0.497 e. The number of carbonyl (C=O) groups excluding carboxylic acids is 2. The van der Waals surface area contributed by atoms with Gasteiger partial charge in [0.05, 0.1) is 13.5 Å². The van der Waals surface area contributed by atoms with Crippen LogP contribution in [0, 0.1) is 5.41 Å². The largest absolute Gasteiger partial charge is 0.497 e. The van der Waals surface area contributed by atoms with E-state index in [2.05, 4.69) is 18.7 Å². The Bertz CT molecular complexity index is 923. The minimum atomic E-state index is -0.598. The van der Waals surface area contributed by atoms with Crippen LogP contribution in [0.2, 0.25) is 0 Å². The molecule has 2 aromatic rings. The van der Waals surface area contributed by atoms with E-state index in [0.29, 0.717) is 34.7 Å². The number of carbonyl (C=O) groups is 2. The highest BCUT2D eigenvalue weighted by atomic mass is 16.5. The summed E-state index contributed by atoms with van der Waals surface area (Å²) >= 11 is 0. The van der Waals surface area contributed by atoms with E-state index in [1.165, 1.54) is 0 Å². The smallest absolute Gasteiger partial charge is 0.227 e. The number of amides is 1. The van der Waals surface area contributed by atoms with Crippen LogP contribution in [-0.2, 0) is 11.2 Å². The monoisotopic (exact) mass is 427 g/mol. The van der Waals surface area contributed by atoms with Crippen LogP contribution in [0.4, 0.5) is 0 Å². The number of benzene rings is 1. The van der Waals surface area contributed by atoms with Gasteiger partial charge in [-0.15, -0.1) is 0 Å². The number of furan rings is 1. The topological polar surface area (TPSA) is 59.8 Å². The Morgan fingerprint density at radius 1 is 1.10 bits per heavy atom. The van der Waals surface area contributed by atoms with Crippen molar-refractivity contribution in [2.75, 3.05) is 7.11 Å². The summed E-state index contributed by atoms with van der Waals surface area (Å²) in [7, 11) is 1.61.